The van der Waals surface area contributed by atoms with Gasteiger partial charge in [0.1, 0.15) is 36.7 Å². The van der Waals surface area contributed by atoms with Gasteiger partial charge in [0.2, 0.25) is 0 Å². The van der Waals surface area contributed by atoms with Crippen LogP contribution in [0.2, 0.25) is 36.3 Å². The van der Waals surface area contributed by atoms with Gasteiger partial charge in [-0.25, -0.2) is 4.79 Å². The van der Waals surface area contributed by atoms with Crippen LogP contribution >= 0.6 is 0 Å². The molecule has 14 nitrogen and oxygen atoms in total. The van der Waals surface area contributed by atoms with Crippen molar-refractivity contribution < 1.29 is 27.9 Å². The Bertz CT molecular complexity index is 1310. The fraction of sp³-hybridized carbons (Fsp3) is 0.815. The first kappa shape index (κ1) is 35.2. The summed E-state index contributed by atoms with van der Waals surface area (Å²) in [6.45, 7) is 21.3. The van der Waals surface area contributed by atoms with E-state index >= 15 is 0 Å². The van der Waals surface area contributed by atoms with Gasteiger partial charge >= 0.3 is 11.7 Å². The highest BCUT2D eigenvalue weighted by atomic mass is 28.4. The Labute approximate surface area is 254 Å². The summed E-state index contributed by atoms with van der Waals surface area (Å²) in [5, 5.41) is 6.35. The van der Waals surface area contributed by atoms with Gasteiger partial charge in [0.25, 0.3) is 5.56 Å². The van der Waals surface area contributed by atoms with E-state index in [1.807, 2.05) is 0 Å². The van der Waals surface area contributed by atoms with Gasteiger partial charge in [-0.05, 0) is 48.2 Å². The van der Waals surface area contributed by atoms with Crippen molar-refractivity contribution in [3.8, 4) is 0 Å². The number of aromatic amines is 1. The van der Waals surface area contributed by atoms with Crippen LogP contribution in [-0.2, 0) is 27.9 Å². The van der Waals surface area contributed by atoms with Crippen LogP contribution < -0.4 is 16.6 Å². The Morgan fingerprint density at radius 2 is 1.60 bits per heavy atom. The van der Waals surface area contributed by atoms with Gasteiger partial charge in [-0.3, -0.25) is 24.5 Å². The number of nitrogens with one attached hydrogen (secondary N) is 2. The van der Waals surface area contributed by atoms with Crippen LogP contribution in [0.1, 0.15) is 54.2 Å². The average Bonchev–Trinajstić information content (AvgIpc) is 3.44. The van der Waals surface area contributed by atoms with E-state index in [0.717, 1.165) is 0 Å². The number of methoxy groups -OCH3 is 1. The smallest absolute Gasteiger partial charge is 0.330 e. The molecular weight excluding hydrogens is 593 g/mol. The van der Waals surface area contributed by atoms with E-state index in [-0.39, 0.29) is 16.6 Å². The van der Waals surface area contributed by atoms with Crippen LogP contribution in [0.15, 0.2) is 27.0 Å². The average molecular weight is 641 g/mol. The lowest BCUT2D eigenvalue weighted by Crippen LogP contribution is -2.57. The third-order valence-electron chi connectivity index (χ3n) is 9.17. The summed E-state index contributed by atoms with van der Waals surface area (Å²) in [4.78, 5) is 43.2. The normalized spacial score (nSPS) is 28.5. The summed E-state index contributed by atoms with van der Waals surface area (Å²) in [7, 11) is -3.74. The molecule has 0 aromatic carbocycles. The number of hydrogen-bond donors (Lipinski definition) is 2. The molecule has 0 saturated carbocycles. The highest BCUT2D eigenvalue weighted by Crippen LogP contribution is 2.47. The van der Waals surface area contributed by atoms with E-state index in [4.69, 9.17) is 28.6 Å². The predicted octanol–water partition coefficient (Wildman–Crippen LogP) is 3.77. The fourth-order valence-electron chi connectivity index (χ4n) is 4.64. The largest absolute Gasteiger partial charge is 0.468 e. The molecule has 0 radical (unpaired) electrons. The zero-order chi connectivity index (χ0) is 32.5. The maximum atomic E-state index is 13.1. The van der Waals surface area contributed by atoms with Crippen molar-refractivity contribution in [3.63, 3.8) is 0 Å². The zero-order valence-electron chi connectivity index (χ0n) is 27.2. The highest BCUT2D eigenvalue weighted by Gasteiger charge is 2.59. The van der Waals surface area contributed by atoms with E-state index < -0.39 is 76.8 Å². The van der Waals surface area contributed by atoms with Crippen LogP contribution in [0.25, 0.3) is 10.4 Å². The second-order valence-corrected chi connectivity index (χ2v) is 23.7. The topological polar surface area (TPSA) is 179 Å². The van der Waals surface area contributed by atoms with E-state index in [9.17, 15) is 14.4 Å². The molecule has 1 aromatic heterocycles. The van der Waals surface area contributed by atoms with Gasteiger partial charge in [-0.15, -0.1) is 0 Å². The van der Waals surface area contributed by atoms with Crippen molar-refractivity contribution in [2.75, 3.05) is 13.7 Å². The number of ether oxygens (including phenoxy) is 3. The van der Waals surface area contributed by atoms with Crippen LogP contribution in [0.5, 0.6) is 0 Å². The van der Waals surface area contributed by atoms with Crippen LogP contribution in [-0.4, -0.2) is 82.5 Å². The molecule has 2 aliphatic rings. The standard InChI is InChI=1S/C27H48N6O8Si2/c1-26(2,3)42(8,9)40-21-20(19-18(24(35)37-7)31-17(38-19)12-14-29-32-28)39-23(33-15-13-16(34)30-25(33)36)22(21)41-43(10,11)27(4,5)6/h13,15,17-23,31H,12,14H2,1-11H3,(H,30,34,36)/t17?,18-,19-,20+,21+,22+,23+/m0/s1. The monoisotopic (exact) mass is 640 g/mol. The molecule has 16 heteroatoms. The van der Waals surface area contributed by atoms with Crippen LogP contribution in [0.3, 0.4) is 0 Å². The molecule has 2 N–H and O–H groups in total. The number of nitrogens with zero attached hydrogens (tertiary/aromatic N) is 4. The van der Waals surface area contributed by atoms with E-state index in [1.165, 1.54) is 23.9 Å². The van der Waals surface area contributed by atoms with Gasteiger partial charge in [-0.1, -0.05) is 46.7 Å². The number of carbonyl (C=O) groups excluding carboxylic acids is 1. The van der Waals surface area contributed by atoms with Crippen molar-refractivity contribution in [3.05, 3.63) is 43.5 Å². The zero-order valence-corrected chi connectivity index (χ0v) is 29.2. The molecule has 3 heterocycles. The SMILES string of the molecule is COC(=O)[C@H]1NC(CCN=[N+]=[N-])O[C@@H]1[C@H]1O[C@@H](n2ccc(=O)[nH]c2=O)[C@H](O[Si](C)(C)C(C)(C)C)[C@@H]1O[Si](C)(C)C(C)(C)C. The molecule has 0 amide bonds. The number of H-pyrrole nitrogens is 1. The molecule has 0 aliphatic carbocycles. The van der Waals surface area contributed by atoms with Gasteiger partial charge in [0, 0.05) is 23.7 Å². The lowest BCUT2D eigenvalue weighted by molar-refractivity contribution is -0.149. The summed E-state index contributed by atoms with van der Waals surface area (Å²) < 4.78 is 33.5. The van der Waals surface area contributed by atoms with Crippen molar-refractivity contribution in [2.45, 2.75) is 127 Å². The van der Waals surface area contributed by atoms with Gasteiger partial charge in [0.15, 0.2) is 22.9 Å². The number of rotatable bonds is 10. The van der Waals surface area contributed by atoms with Crippen molar-refractivity contribution >= 4 is 22.6 Å². The lowest BCUT2D eigenvalue weighted by atomic mass is 10.00. The molecule has 242 valence electrons. The maximum Gasteiger partial charge on any atom is 0.330 e. The first-order valence-electron chi connectivity index (χ1n) is 14.6. The van der Waals surface area contributed by atoms with Crippen molar-refractivity contribution in [1.82, 2.24) is 14.9 Å². The molecule has 2 saturated heterocycles. The quantitative estimate of drug-likeness (QED) is 0.127. The first-order chi connectivity index (χ1) is 19.7. The molecule has 2 aliphatic heterocycles. The summed E-state index contributed by atoms with van der Waals surface area (Å²) in [6, 6.07) is 0.318. The van der Waals surface area contributed by atoms with E-state index in [1.54, 1.807) is 0 Å². The number of esters is 1. The fourth-order valence-corrected chi connectivity index (χ4v) is 7.23. The van der Waals surface area contributed by atoms with Crippen LogP contribution in [0, 0.1) is 0 Å². The molecule has 1 aromatic rings. The number of carbonyl (C=O) groups is 1. The number of azide groups is 1. The number of aromatic nitrogens is 2. The third-order valence-corrected chi connectivity index (χ3v) is 18.1. The van der Waals surface area contributed by atoms with Gasteiger partial charge in [-0.2, -0.15) is 0 Å². The lowest BCUT2D eigenvalue weighted by Gasteiger charge is -2.44. The molecule has 3 rings (SSSR count). The van der Waals surface area contributed by atoms with Gasteiger partial charge in [0.05, 0.1) is 7.11 Å². The highest BCUT2D eigenvalue weighted by molar-refractivity contribution is 6.74. The van der Waals surface area contributed by atoms with E-state index in [0.29, 0.717) is 6.42 Å². The summed E-state index contributed by atoms with van der Waals surface area (Å²) in [5.41, 5.74) is 7.54. The Kier molecular flexibility index (Phi) is 10.6. The molecule has 43 heavy (non-hydrogen) atoms. The second kappa shape index (κ2) is 13.0. The second-order valence-electron chi connectivity index (χ2n) is 14.2. The Balaban J connectivity index is 2.20. The summed E-state index contributed by atoms with van der Waals surface area (Å²) >= 11 is 0. The first-order valence-corrected chi connectivity index (χ1v) is 20.4. The Hall–Kier alpha value is -2.31. The Morgan fingerprint density at radius 3 is 2.12 bits per heavy atom. The predicted molar refractivity (Wildman–Crippen MR) is 166 cm³/mol. The van der Waals surface area contributed by atoms with Crippen molar-refractivity contribution in [2.24, 2.45) is 5.11 Å². The minimum absolute atomic E-state index is 0.150. The minimum Gasteiger partial charge on any atom is -0.468 e. The molecular formula is C27H48N6O8Si2. The molecule has 1 unspecified atom stereocenters. The third kappa shape index (κ3) is 7.68. The van der Waals surface area contributed by atoms with Crippen molar-refractivity contribution in [1.29, 1.82) is 0 Å². The summed E-state index contributed by atoms with van der Waals surface area (Å²) in [6.07, 6.45) is -3.26. The summed E-state index contributed by atoms with van der Waals surface area (Å²) in [5.74, 6) is -0.558. The Morgan fingerprint density at radius 1 is 1.02 bits per heavy atom. The van der Waals surface area contributed by atoms with E-state index in [2.05, 4.69) is 88.1 Å². The molecule has 0 bridgehead atoms. The molecule has 0 spiro atoms. The maximum absolute atomic E-state index is 13.1. The molecule has 2 fully saturated rings. The minimum atomic E-state index is -2.52. The van der Waals surface area contributed by atoms with Gasteiger partial charge < -0.3 is 23.1 Å². The van der Waals surface area contributed by atoms with Crippen LogP contribution in [0.4, 0.5) is 0 Å². The molecule has 7 atom stereocenters. The number of hydrogen-bond acceptors (Lipinski definition) is 10.